The highest BCUT2D eigenvalue weighted by Crippen LogP contribution is 2.14. The number of nitriles is 1. The number of methoxy groups -OCH3 is 1. The highest BCUT2D eigenvalue weighted by atomic mass is 16.5. The van der Waals surface area contributed by atoms with E-state index in [-0.39, 0.29) is 18.1 Å². The van der Waals surface area contributed by atoms with Crippen molar-refractivity contribution in [2.75, 3.05) is 26.9 Å². The summed E-state index contributed by atoms with van der Waals surface area (Å²) < 4.78 is 15.4. The molecule has 0 atom stereocenters. The first-order valence-corrected chi connectivity index (χ1v) is 8.53. The molecule has 0 radical (unpaired) electrons. The van der Waals surface area contributed by atoms with E-state index in [9.17, 15) is 9.59 Å². The van der Waals surface area contributed by atoms with Crippen LogP contribution < -0.4 is 15.4 Å². The molecule has 2 N–H and O–H groups in total. The number of rotatable bonds is 10. The molecule has 0 saturated carbocycles. The van der Waals surface area contributed by atoms with Crippen LogP contribution in [-0.4, -0.2) is 38.7 Å². The van der Waals surface area contributed by atoms with Gasteiger partial charge in [-0.05, 0) is 35.9 Å². The predicted octanol–water partition coefficient (Wildman–Crippen LogP) is 1.64. The number of hydrogen-bond donors (Lipinski definition) is 2. The minimum absolute atomic E-state index is 0.0120. The Labute approximate surface area is 162 Å². The molecule has 0 spiro atoms. The molecular formula is C20H21N3O5. The van der Waals surface area contributed by atoms with Crippen LogP contribution in [0.25, 0.3) is 6.08 Å². The number of benzene rings is 1. The molecule has 146 valence electrons. The molecule has 0 aliphatic carbocycles. The maximum absolute atomic E-state index is 11.9. The molecule has 1 heterocycles. The zero-order chi connectivity index (χ0) is 20.2. The van der Waals surface area contributed by atoms with Gasteiger partial charge in [-0.2, -0.15) is 5.26 Å². The molecule has 1 aromatic heterocycles. The molecule has 0 unspecified atom stereocenters. The van der Waals surface area contributed by atoms with Crippen LogP contribution in [0.5, 0.6) is 5.75 Å². The number of nitrogens with zero attached hydrogens (tertiary/aromatic N) is 1. The van der Waals surface area contributed by atoms with Crippen LogP contribution in [0.4, 0.5) is 0 Å². The van der Waals surface area contributed by atoms with Gasteiger partial charge in [0.15, 0.2) is 6.61 Å². The Hall–Kier alpha value is -3.57. The summed E-state index contributed by atoms with van der Waals surface area (Å²) in [4.78, 5) is 23.7. The third kappa shape index (κ3) is 6.97. The van der Waals surface area contributed by atoms with Gasteiger partial charge in [-0.25, -0.2) is 0 Å². The summed E-state index contributed by atoms with van der Waals surface area (Å²) in [6.07, 6.45) is 3.01. The van der Waals surface area contributed by atoms with Crippen molar-refractivity contribution in [1.82, 2.24) is 10.6 Å². The van der Waals surface area contributed by atoms with Crippen molar-refractivity contribution in [1.29, 1.82) is 5.26 Å². The van der Waals surface area contributed by atoms with Crippen LogP contribution in [0.1, 0.15) is 11.3 Å². The standard InChI is InChI=1S/C20H21N3O5/c1-26-10-8-22-20(25)16(12-21)11-15-4-6-17(7-5-15)28-14-19(24)23-13-18-3-2-9-27-18/h2-7,9,11H,8,10,13-14H2,1H3,(H,22,25)(H,23,24). The summed E-state index contributed by atoms with van der Waals surface area (Å²) in [6, 6.07) is 12.1. The molecule has 28 heavy (non-hydrogen) atoms. The highest BCUT2D eigenvalue weighted by Gasteiger charge is 2.08. The number of hydrogen-bond acceptors (Lipinski definition) is 6. The maximum atomic E-state index is 11.9. The molecule has 2 amide bonds. The summed E-state index contributed by atoms with van der Waals surface area (Å²) in [5, 5.41) is 14.4. The van der Waals surface area contributed by atoms with E-state index in [1.54, 1.807) is 36.4 Å². The van der Waals surface area contributed by atoms with E-state index in [0.29, 0.717) is 36.8 Å². The van der Waals surface area contributed by atoms with Crippen molar-refractivity contribution in [3.05, 3.63) is 59.6 Å². The second-order valence-electron chi connectivity index (χ2n) is 5.63. The van der Waals surface area contributed by atoms with Crippen LogP contribution in [0.3, 0.4) is 0 Å². The lowest BCUT2D eigenvalue weighted by atomic mass is 10.1. The van der Waals surface area contributed by atoms with Crippen molar-refractivity contribution in [2.45, 2.75) is 6.54 Å². The third-order valence-corrected chi connectivity index (χ3v) is 3.56. The van der Waals surface area contributed by atoms with Gasteiger partial charge < -0.3 is 24.5 Å². The number of nitrogens with one attached hydrogen (secondary N) is 2. The Morgan fingerprint density at radius 2 is 2.00 bits per heavy atom. The number of carbonyl (C=O) groups excluding carboxylic acids is 2. The van der Waals surface area contributed by atoms with Gasteiger partial charge in [0.2, 0.25) is 0 Å². The van der Waals surface area contributed by atoms with Crippen molar-refractivity contribution in [3.63, 3.8) is 0 Å². The zero-order valence-corrected chi connectivity index (χ0v) is 15.4. The maximum Gasteiger partial charge on any atom is 0.262 e. The van der Waals surface area contributed by atoms with Crippen LogP contribution in [0.2, 0.25) is 0 Å². The number of carbonyl (C=O) groups is 2. The first-order chi connectivity index (χ1) is 13.6. The van der Waals surface area contributed by atoms with Crippen molar-refractivity contribution < 1.29 is 23.5 Å². The van der Waals surface area contributed by atoms with Crippen molar-refractivity contribution in [2.24, 2.45) is 0 Å². The zero-order valence-electron chi connectivity index (χ0n) is 15.4. The molecule has 2 rings (SSSR count). The monoisotopic (exact) mass is 383 g/mol. The highest BCUT2D eigenvalue weighted by molar-refractivity contribution is 6.01. The van der Waals surface area contributed by atoms with Gasteiger partial charge in [0.05, 0.1) is 19.4 Å². The fourth-order valence-corrected chi connectivity index (χ4v) is 2.14. The predicted molar refractivity (Wildman–Crippen MR) is 101 cm³/mol. The lowest BCUT2D eigenvalue weighted by Crippen LogP contribution is -2.28. The first-order valence-electron chi connectivity index (χ1n) is 8.53. The molecular weight excluding hydrogens is 362 g/mol. The first kappa shape index (κ1) is 20.7. The summed E-state index contributed by atoms with van der Waals surface area (Å²) in [7, 11) is 1.53. The van der Waals surface area contributed by atoms with Gasteiger partial charge in [-0.15, -0.1) is 0 Å². The smallest absolute Gasteiger partial charge is 0.262 e. The number of ether oxygens (including phenoxy) is 2. The normalized spacial score (nSPS) is 10.8. The van der Waals surface area contributed by atoms with E-state index < -0.39 is 5.91 Å². The summed E-state index contributed by atoms with van der Waals surface area (Å²) in [5.41, 5.74) is 0.648. The summed E-state index contributed by atoms with van der Waals surface area (Å²) in [5.74, 6) is 0.408. The molecule has 8 heteroatoms. The minimum Gasteiger partial charge on any atom is -0.484 e. The quantitative estimate of drug-likeness (QED) is 0.366. The topological polar surface area (TPSA) is 114 Å². The van der Waals surface area contributed by atoms with Crippen LogP contribution >= 0.6 is 0 Å². The second-order valence-corrected chi connectivity index (χ2v) is 5.63. The van der Waals surface area contributed by atoms with Gasteiger partial charge in [0.1, 0.15) is 23.2 Å². The van der Waals surface area contributed by atoms with Crippen LogP contribution in [0.15, 0.2) is 52.7 Å². The average molecular weight is 383 g/mol. The van der Waals surface area contributed by atoms with E-state index in [1.165, 1.54) is 19.4 Å². The van der Waals surface area contributed by atoms with E-state index >= 15 is 0 Å². The lowest BCUT2D eigenvalue weighted by molar-refractivity contribution is -0.123. The Morgan fingerprint density at radius 3 is 2.64 bits per heavy atom. The third-order valence-electron chi connectivity index (χ3n) is 3.56. The summed E-state index contributed by atoms with van der Waals surface area (Å²) >= 11 is 0. The lowest BCUT2D eigenvalue weighted by Gasteiger charge is -2.07. The Balaban J connectivity index is 1.83. The molecule has 0 bridgehead atoms. The van der Waals surface area contributed by atoms with Gasteiger partial charge in [-0.1, -0.05) is 12.1 Å². The van der Waals surface area contributed by atoms with Gasteiger partial charge in [0, 0.05) is 13.7 Å². The van der Waals surface area contributed by atoms with Crippen molar-refractivity contribution in [3.8, 4) is 11.8 Å². The van der Waals surface area contributed by atoms with Gasteiger partial charge in [-0.3, -0.25) is 9.59 Å². The molecule has 0 saturated heterocycles. The second kappa shape index (κ2) is 11.2. The van der Waals surface area contributed by atoms with Crippen LogP contribution in [-0.2, 0) is 20.9 Å². The Kier molecular flexibility index (Phi) is 8.30. The number of furan rings is 1. The molecule has 0 aliphatic rings. The SMILES string of the molecule is COCCNC(=O)C(C#N)=Cc1ccc(OCC(=O)NCc2ccco2)cc1. The summed E-state index contributed by atoms with van der Waals surface area (Å²) in [6.45, 7) is 0.845. The fourth-order valence-electron chi connectivity index (χ4n) is 2.14. The minimum atomic E-state index is -0.465. The fraction of sp³-hybridized carbons (Fsp3) is 0.250. The van der Waals surface area contributed by atoms with Crippen LogP contribution in [0, 0.1) is 11.3 Å². The number of amides is 2. The Morgan fingerprint density at radius 1 is 1.21 bits per heavy atom. The Bertz CT molecular complexity index is 836. The molecule has 0 aliphatic heterocycles. The van der Waals surface area contributed by atoms with Gasteiger partial charge in [0.25, 0.3) is 11.8 Å². The molecule has 2 aromatic rings. The molecule has 1 aromatic carbocycles. The largest absolute Gasteiger partial charge is 0.484 e. The average Bonchev–Trinajstić information content (AvgIpc) is 3.23. The van der Waals surface area contributed by atoms with E-state index in [2.05, 4.69) is 10.6 Å². The van der Waals surface area contributed by atoms with E-state index in [0.717, 1.165) is 0 Å². The molecule has 8 nitrogen and oxygen atoms in total. The van der Waals surface area contributed by atoms with Gasteiger partial charge >= 0.3 is 0 Å². The van der Waals surface area contributed by atoms with E-state index in [4.69, 9.17) is 19.2 Å². The van der Waals surface area contributed by atoms with Crippen molar-refractivity contribution >= 4 is 17.9 Å². The molecule has 0 fully saturated rings. The van der Waals surface area contributed by atoms with E-state index in [1.807, 2.05) is 6.07 Å².